The lowest BCUT2D eigenvalue weighted by Gasteiger charge is -2.27. The van der Waals surface area contributed by atoms with Gasteiger partial charge in [0.1, 0.15) is 11.4 Å². The van der Waals surface area contributed by atoms with Crippen LogP contribution in [0.5, 0.6) is 0 Å². The van der Waals surface area contributed by atoms with Crippen molar-refractivity contribution in [3.63, 3.8) is 0 Å². The van der Waals surface area contributed by atoms with Crippen molar-refractivity contribution in [1.29, 1.82) is 0 Å². The molecule has 8 heteroatoms. The van der Waals surface area contributed by atoms with Crippen molar-refractivity contribution in [1.82, 2.24) is 4.98 Å². The molecule has 0 amide bonds. The topological polar surface area (TPSA) is 99.6 Å². The Morgan fingerprint density at radius 1 is 1.07 bits per heavy atom. The number of carboxylic acids is 1. The molecule has 156 valence electrons. The lowest BCUT2D eigenvalue weighted by molar-refractivity contribution is 0.0697. The summed E-state index contributed by atoms with van der Waals surface area (Å²) >= 11 is 0. The number of hydrogen-bond acceptors (Lipinski definition) is 5. The number of aromatic nitrogens is 1. The van der Waals surface area contributed by atoms with E-state index in [0.29, 0.717) is 11.4 Å². The Hall–Kier alpha value is -2.61. The van der Waals surface area contributed by atoms with Gasteiger partial charge in [0.05, 0.1) is 16.8 Å². The molecule has 0 atom stereocenters. The summed E-state index contributed by atoms with van der Waals surface area (Å²) in [6.45, 7) is 5.04. The van der Waals surface area contributed by atoms with E-state index in [2.05, 4.69) is 9.71 Å². The molecule has 7 nitrogen and oxygen atoms in total. The molecule has 1 aliphatic rings. The summed E-state index contributed by atoms with van der Waals surface area (Å²) in [5, 5.41) is 9.70. The summed E-state index contributed by atoms with van der Waals surface area (Å²) in [6.07, 6.45) is 6.80. The molecule has 0 unspecified atom stereocenters. The van der Waals surface area contributed by atoms with Gasteiger partial charge in [0.15, 0.2) is 0 Å². The molecule has 2 aromatic rings. The van der Waals surface area contributed by atoms with Crippen molar-refractivity contribution < 1.29 is 18.3 Å². The van der Waals surface area contributed by atoms with E-state index in [9.17, 15) is 18.3 Å². The maximum atomic E-state index is 12.8. The quantitative estimate of drug-likeness (QED) is 0.764. The Bertz CT molecular complexity index is 997. The standard InChI is InChI=1S/C21H27N3O4S/c1-15-8-9-16(2)19(12-15)29(27,28)23-17-13-18(21(25)26)20(22-14-17)24-10-6-4-3-5-7-11-24/h8-9,12-14,23H,3-7,10-11H2,1-2H3,(H,25,26). The fourth-order valence-corrected chi connectivity index (χ4v) is 4.95. The SMILES string of the molecule is Cc1ccc(C)c(S(=O)(=O)Nc2cnc(N3CCCCCCC3)c(C(=O)O)c2)c1. The van der Waals surface area contributed by atoms with Crippen molar-refractivity contribution >= 4 is 27.5 Å². The van der Waals surface area contributed by atoms with Crippen molar-refractivity contribution in [3.05, 3.63) is 47.2 Å². The number of nitrogens with one attached hydrogen (secondary N) is 1. The molecule has 1 aliphatic heterocycles. The summed E-state index contributed by atoms with van der Waals surface area (Å²) in [5.74, 6) is -0.726. The molecule has 0 bridgehead atoms. The number of rotatable bonds is 5. The maximum Gasteiger partial charge on any atom is 0.339 e. The zero-order chi connectivity index (χ0) is 21.0. The zero-order valence-corrected chi connectivity index (χ0v) is 17.6. The molecule has 1 aromatic heterocycles. The minimum Gasteiger partial charge on any atom is -0.478 e. The number of sulfonamides is 1. The third-order valence-corrected chi connectivity index (χ3v) is 6.66. The van der Waals surface area contributed by atoms with E-state index >= 15 is 0 Å². The van der Waals surface area contributed by atoms with Gasteiger partial charge in [0, 0.05) is 13.1 Å². The Balaban J connectivity index is 1.92. The minimum atomic E-state index is -3.85. The molecule has 0 spiro atoms. The van der Waals surface area contributed by atoms with Crippen molar-refractivity contribution in [3.8, 4) is 0 Å². The fourth-order valence-electron chi connectivity index (χ4n) is 3.59. The maximum absolute atomic E-state index is 12.8. The van der Waals surface area contributed by atoms with Gasteiger partial charge >= 0.3 is 5.97 Å². The number of hydrogen-bond donors (Lipinski definition) is 2. The zero-order valence-electron chi connectivity index (χ0n) is 16.8. The second kappa shape index (κ2) is 8.82. The van der Waals surface area contributed by atoms with Crippen LogP contribution in [0.15, 0.2) is 35.4 Å². The number of pyridine rings is 1. The molecule has 2 heterocycles. The predicted molar refractivity (Wildman–Crippen MR) is 113 cm³/mol. The van der Waals surface area contributed by atoms with Crippen molar-refractivity contribution in [2.45, 2.75) is 50.8 Å². The first-order valence-electron chi connectivity index (χ1n) is 9.86. The van der Waals surface area contributed by atoms with Crippen molar-refractivity contribution in [2.24, 2.45) is 0 Å². The number of carbonyl (C=O) groups is 1. The van der Waals surface area contributed by atoms with Gasteiger partial charge in [-0.2, -0.15) is 0 Å². The summed E-state index contributed by atoms with van der Waals surface area (Å²) in [6, 6.07) is 6.54. The number of carboxylic acid groups (broad SMARTS) is 1. The first-order chi connectivity index (χ1) is 13.8. The van der Waals surface area contributed by atoms with Crippen molar-refractivity contribution in [2.75, 3.05) is 22.7 Å². The van der Waals surface area contributed by atoms with Gasteiger partial charge in [-0.1, -0.05) is 31.4 Å². The van der Waals surface area contributed by atoms with Gasteiger partial charge in [0.25, 0.3) is 10.0 Å². The number of benzene rings is 1. The molecule has 1 fully saturated rings. The van der Waals surface area contributed by atoms with Crippen LogP contribution in [0.1, 0.15) is 53.6 Å². The highest BCUT2D eigenvalue weighted by Gasteiger charge is 2.22. The third kappa shape index (κ3) is 5.06. The molecular formula is C21H27N3O4S. The lowest BCUT2D eigenvalue weighted by Crippen LogP contribution is -2.29. The van der Waals surface area contributed by atoms with Gasteiger partial charge in [-0.05, 0) is 49.9 Å². The summed E-state index contributed by atoms with van der Waals surface area (Å²) in [7, 11) is -3.85. The highest BCUT2D eigenvalue weighted by Crippen LogP contribution is 2.26. The predicted octanol–water partition coefficient (Wildman–Crippen LogP) is 3.97. The molecular weight excluding hydrogens is 390 g/mol. The third-order valence-electron chi connectivity index (χ3n) is 5.14. The van der Waals surface area contributed by atoms with Crippen LogP contribution >= 0.6 is 0 Å². The Kier molecular flexibility index (Phi) is 6.42. The number of anilines is 2. The van der Waals surface area contributed by atoms with Gasteiger partial charge in [-0.3, -0.25) is 4.72 Å². The second-order valence-electron chi connectivity index (χ2n) is 7.53. The van der Waals surface area contributed by atoms with Crippen LogP contribution < -0.4 is 9.62 Å². The number of aryl methyl sites for hydroxylation is 2. The molecule has 0 radical (unpaired) electrons. The summed E-state index contributed by atoms with van der Waals surface area (Å²) in [4.78, 5) is 18.4. The van der Waals surface area contributed by atoms with E-state index in [-0.39, 0.29) is 16.1 Å². The molecule has 3 rings (SSSR count). The first-order valence-corrected chi connectivity index (χ1v) is 11.3. The van der Waals surface area contributed by atoms with Crippen LogP contribution in [0.3, 0.4) is 0 Å². The number of aromatic carboxylic acids is 1. The Morgan fingerprint density at radius 3 is 2.38 bits per heavy atom. The molecule has 1 saturated heterocycles. The minimum absolute atomic E-state index is 0.00624. The van der Waals surface area contributed by atoms with Gasteiger partial charge in [-0.15, -0.1) is 0 Å². The van der Waals surface area contributed by atoms with Crippen LogP contribution in [0, 0.1) is 13.8 Å². The monoisotopic (exact) mass is 417 g/mol. The van der Waals surface area contributed by atoms with E-state index in [0.717, 1.165) is 44.3 Å². The highest BCUT2D eigenvalue weighted by molar-refractivity contribution is 7.92. The van der Waals surface area contributed by atoms with Crippen LogP contribution in [0.25, 0.3) is 0 Å². The van der Waals surface area contributed by atoms with E-state index in [1.165, 1.54) is 18.7 Å². The van der Waals surface area contributed by atoms with E-state index in [1.807, 2.05) is 17.9 Å². The van der Waals surface area contributed by atoms with Crippen LogP contribution in [0.4, 0.5) is 11.5 Å². The lowest BCUT2D eigenvalue weighted by atomic mass is 10.1. The van der Waals surface area contributed by atoms with E-state index in [1.54, 1.807) is 19.1 Å². The first kappa shape index (κ1) is 21.1. The van der Waals surface area contributed by atoms with Crippen LogP contribution in [0.2, 0.25) is 0 Å². The largest absolute Gasteiger partial charge is 0.478 e. The average Bonchev–Trinajstić information content (AvgIpc) is 2.63. The second-order valence-corrected chi connectivity index (χ2v) is 9.18. The molecule has 1 aromatic carbocycles. The fraction of sp³-hybridized carbons (Fsp3) is 0.429. The molecule has 0 aliphatic carbocycles. The molecule has 0 saturated carbocycles. The molecule has 29 heavy (non-hydrogen) atoms. The van der Waals surface area contributed by atoms with Gasteiger partial charge < -0.3 is 10.0 Å². The Morgan fingerprint density at radius 2 is 1.72 bits per heavy atom. The van der Waals surface area contributed by atoms with E-state index in [4.69, 9.17) is 0 Å². The van der Waals surface area contributed by atoms with Crippen LogP contribution in [-0.4, -0.2) is 37.6 Å². The van der Waals surface area contributed by atoms with Crippen LogP contribution in [-0.2, 0) is 10.0 Å². The normalized spacial score (nSPS) is 15.4. The van der Waals surface area contributed by atoms with Gasteiger partial charge in [-0.25, -0.2) is 18.2 Å². The highest BCUT2D eigenvalue weighted by atomic mass is 32.2. The average molecular weight is 418 g/mol. The van der Waals surface area contributed by atoms with E-state index < -0.39 is 16.0 Å². The summed E-state index contributed by atoms with van der Waals surface area (Å²) < 4.78 is 28.1. The summed E-state index contributed by atoms with van der Waals surface area (Å²) in [5.41, 5.74) is 1.59. The number of nitrogens with zero attached hydrogens (tertiary/aromatic N) is 2. The Labute approximate surface area is 171 Å². The van der Waals surface area contributed by atoms with Gasteiger partial charge in [0.2, 0.25) is 0 Å². The molecule has 2 N–H and O–H groups in total. The smallest absolute Gasteiger partial charge is 0.339 e.